The number of hydrogen-bond acceptors (Lipinski definition) is 7. The molecule has 0 aliphatic carbocycles. The standard InChI is InChI=1S/C20H26N4O2.C2HF3O2/c1-25-17-6-4-5-16(13-17)14-24-11-12-26-15-18(24)20-21-8-7-19(22-20)23-9-2-3-10-23;3-2(4,5)1(6)7/h4-8,13,18H,2-3,9-12,14-15H2,1H3;(H,6,7). The minimum absolute atomic E-state index is 0.0810. The van der Waals surface area contributed by atoms with Gasteiger partial charge in [-0.1, -0.05) is 12.1 Å². The van der Waals surface area contributed by atoms with Crippen LogP contribution >= 0.6 is 0 Å². The summed E-state index contributed by atoms with van der Waals surface area (Å²) in [6.07, 6.45) is -0.712. The van der Waals surface area contributed by atoms with Gasteiger partial charge in [0.15, 0.2) is 0 Å². The summed E-state index contributed by atoms with van der Waals surface area (Å²) in [5, 5.41) is 7.12. The van der Waals surface area contributed by atoms with Crippen LogP contribution in [0.15, 0.2) is 36.5 Å². The van der Waals surface area contributed by atoms with E-state index < -0.39 is 12.1 Å². The third-order valence-corrected chi connectivity index (χ3v) is 5.39. The minimum atomic E-state index is -5.08. The first-order valence-corrected chi connectivity index (χ1v) is 10.6. The number of methoxy groups -OCH3 is 1. The summed E-state index contributed by atoms with van der Waals surface area (Å²) < 4.78 is 42.8. The Morgan fingerprint density at radius 3 is 2.64 bits per heavy atom. The fourth-order valence-corrected chi connectivity index (χ4v) is 3.72. The SMILES string of the molecule is COc1cccc(CN2CCOCC2c2nccc(N3CCCC3)n2)c1.O=C(O)C(F)(F)F. The normalized spacial score (nSPS) is 19.0. The molecule has 0 saturated carbocycles. The van der Waals surface area contributed by atoms with Crippen molar-refractivity contribution < 1.29 is 32.5 Å². The fraction of sp³-hybridized carbons (Fsp3) is 0.500. The zero-order valence-corrected chi connectivity index (χ0v) is 18.3. The number of rotatable bonds is 5. The highest BCUT2D eigenvalue weighted by atomic mass is 19.4. The Labute approximate surface area is 190 Å². The number of nitrogens with zero attached hydrogens (tertiary/aromatic N) is 4. The van der Waals surface area contributed by atoms with Gasteiger partial charge in [0.1, 0.15) is 17.4 Å². The van der Waals surface area contributed by atoms with E-state index in [1.807, 2.05) is 24.4 Å². The van der Waals surface area contributed by atoms with Gasteiger partial charge in [-0.3, -0.25) is 4.90 Å². The van der Waals surface area contributed by atoms with Crippen molar-refractivity contribution >= 4 is 11.8 Å². The first-order chi connectivity index (χ1) is 15.8. The van der Waals surface area contributed by atoms with Gasteiger partial charge in [0.2, 0.25) is 0 Å². The molecular weight excluding hydrogens is 441 g/mol. The van der Waals surface area contributed by atoms with Gasteiger partial charge in [-0.15, -0.1) is 0 Å². The number of hydrogen-bond donors (Lipinski definition) is 1. The van der Waals surface area contributed by atoms with Crippen molar-refractivity contribution in [2.75, 3.05) is 44.9 Å². The first-order valence-electron chi connectivity index (χ1n) is 10.6. The molecule has 0 spiro atoms. The van der Waals surface area contributed by atoms with E-state index in [4.69, 9.17) is 24.4 Å². The van der Waals surface area contributed by atoms with Crippen molar-refractivity contribution in [1.29, 1.82) is 0 Å². The number of carbonyl (C=O) groups is 1. The summed E-state index contributed by atoms with van der Waals surface area (Å²) in [5.41, 5.74) is 1.23. The van der Waals surface area contributed by atoms with Gasteiger partial charge < -0.3 is 19.5 Å². The number of benzene rings is 1. The molecule has 2 aliphatic rings. The molecule has 1 atom stereocenters. The highest BCUT2D eigenvalue weighted by Crippen LogP contribution is 2.26. The fourth-order valence-electron chi connectivity index (χ4n) is 3.72. The Hall–Kier alpha value is -2.92. The van der Waals surface area contributed by atoms with Crippen LogP contribution in [0.4, 0.5) is 19.0 Å². The van der Waals surface area contributed by atoms with Gasteiger partial charge in [0, 0.05) is 32.4 Å². The van der Waals surface area contributed by atoms with Crippen molar-refractivity contribution in [3.8, 4) is 5.75 Å². The average Bonchev–Trinajstić information content (AvgIpc) is 3.35. The summed E-state index contributed by atoms with van der Waals surface area (Å²) >= 11 is 0. The van der Waals surface area contributed by atoms with Crippen LogP contribution in [0.5, 0.6) is 5.75 Å². The second-order valence-corrected chi connectivity index (χ2v) is 7.68. The van der Waals surface area contributed by atoms with Crippen molar-refractivity contribution in [2.45, 2.75) is 31.6 Å². The molecule has 2 saturated heterocycles. The maximum Gasteiger partial charge on any atom is 0.490 e. The van der Waals surface area contributed by atoms with E-state index in [9.17, 15) is 13.2 Å². The number of aliphatic carboxylic acids is 1. The van der Waals surface area contributed by atoms with E-state index in [1.54, 1.807) is 7.11 Å². The van der Waals surface area contributed by atoms with Crippen molar-refractivity contribution in [3.05, 3.63) is 47.9 Å². The molecule has 2 aliphatic heterocycles. The van der Waals surface area contributed by atoms with Crippen LogP contribution in [0, 0.1) is 0 Å². The van der Waals surface area contributed by atoms with Crippen LogP contribution in [0.1, 0.15) is 30.3 Å². The van der Waals surface area contributed by atoms with Crippen LogP contribution in [-0.4, -0.2) is 72.1 Å². The molecule has 11 heteroatoms. The van der Waals surface area contributed by atoms with E-state index in [-0.39, 0.29) is 6.04 Å². The molecule has 1 aromatic heterocycles. The van der Waals surface area contributed by atoms with E-state index >= 15 is 0 Å². The van der Waals surface area contributed by atoms with Gasteiger partial charge in [0.05, 0.1) is 26.4 Å². The van der Waals surface area contributed by atoms with E-state index in [1.165, 1.54) is 18.4 Å². The number of ether oxygens (including phenoxy) is 2. The number of alkyl halides is 3. The summed E-state index contributed by atoms with van der Waals surface area (Å²) in [6.45, 7) is 5.26. The molecule has 2 aromatic rings. The van der Waals surface area contributed by atoms with Crippen molar-refractivity contribution in [2.24, 2.45) is 0 Å². The lowest BCUT2D eigenvalue weighted by Crippen LogP contribution is -2.40. The van der Waals surface area contributed by atoms with E-state index in [0.717, 1.165) is 50.2 Å². The third kappa shape index (κ3) is 7.03. The quantitative estimate of drug-likeness (QED) is 0.715. The lowest BCUT2D eigenvalue weighted by Gasteiger charge is -2.34. The minimum Gasteiger partial charge on any atom is -0.497 e. The Morgan fingerprint density at radius 1 is 1.24 bits per heavy atom. The van der Waals surface area contributed by atoms with E-state index in [2.05, 4.69) is 26.9 Å². The van der Waals surface area contributed by atoms with Crippen LogP contribution < -0.4 is 9.64 Å². The monoisotopic (exact) mass is 468 g/mol. The second kappa shape index (κ2) is 11.3. The molecule has 0 bridgehead atoms. The maximum absolute atomic E-state index is 10.6. The topological polar surface area (TPSA) is 88.0 Å². The number of halogens is 3. The summed E-state index contributed by atoms with van der Waals surface area (Å²) in [6, 6.07) is 10.3. The molecule has 0 radical (unpaired) electrons. The van der Waals surface area contributed by atoms with Crippen LogP contribution in [0.25, 0.3) is 0 Å². The molecule has 33 heavy (non-hydrogen) atoms. The lowest BCUT2D eigenvalue weighted by atomic mass is 10.1. The number of carboxylic acid groups (broad SMARTS) is 1. The third-order valence-electron chi connectivity index (χ3n) is 5.39. The molecule has 2 fully saturated rings. The molecular formula is C22H27F3N4O4. The Bertz CT molecular complexity index is 923. The first kappa shape index (κ1) is 24.7. The van der Waals surface area contributed by atoms with Gasteiger partial charge in [-0.05, 0) is 36.6 Å². The molecule has 180 valence electrons. The summed E-state index contributed by atoms with van der Waals surface area (Å²) in [5.74, 6) is 0.0310. The predicted octanol–water partition coefficient (Wildman–Crippen LogP) is 3.29. The maximum atomic E-state index is 10.6. The Morgan fingerprint density at radius 2 is 1.97 bits per heavy atom. The van der Waals surface area contributed by atoms with E-state index in [0.29, 0.717) is 6.61 Å². The average molecular weight is 468 g/mol. The van der Waals surface area contributed by atoms with Gasteiger partial charge in [0.25, 0.3) is 0 Å². The number of morpholine rings is 1. The second-order valence-electron chi connectivity index (χ2n) is 7.68. The molecule has 3 heterocycles. The largest absolute Gasteiger partial charge is 0.497 e. The highest BCUT2D eigenvalue weighted by molar-refractivity contribution is 5.73. The molecule has 8 nitrogen and oxygen atoms in total. The Kier molecular flexibility index (Phi) is 8.45. The number of carboxylic acids is 1. The zero-order valence-electron chi connectivity index (χ0n) is 18.3. The van der Waals surface area contributed by atoms with Gasteiger partial charge in [-0.2, -0.15) is 13.2 Å². The van der Waals surface area contributed by atoms with Gasteiger partial charge in [-0.25, -0.2) is 14.8 Å². The number of anilines is 1. The van der Waals surface area contributed by atoms with Crippen LogP contribution in [-0.2, 0) is 16.1 Å². The Balaban J connectivity index is 0.000000383. The molecule has 1 aromatic carbocycles. The molecule has 4 rings (SSSR count). The highest BCUT2D eigenvalue weighted by Gasteiger charge is 2.38. The summed E-state index contributed by atoms with van der Waals surface area (Å²) in [7, 11) is 1.70. The molecule has 1 unspecified atom stereocenters. The number of aromatic nitrogens is 2. The lowest BCUT2D eigenvalue weighted by molar-refractivity contribution is -0.192. The van der Waals surface area contributed by atoms with Crippen LogP contribution in [0.2, 0.25) is 0 Å². The smallest absolute Gasteiger partial charge is 0.490 e. The zero-order chi connectivity index (χ0) is 23.8. The van der Waals surface area contributed by atoms with Crippen LogP contribution in [0.3, 0.4) is 0 Å². The molecule has 0 amide bonds. The van der Waals surface area contributed by atoms with Crippen molar-refractivity contribution in [3.63, 3.8) is 0 Å². The molecule has 1 N–H and O–H groups in total. The van der Waals surface area contributed by atoms with Gasteiger partial charge >= 0.3 is 12.1 Å². The predicted molar refractivity (Wildman–Crippen MR) is 114 cm³/mol. The van der Waals surface area contributed by atoms with Crippen molar-refractivity contribution in [1.82, 2.24) is 14.9 Å². The summed E-state index contributed by atoms with van der Waals surface area (Å²) in [4.78, 5) is 23.1.